The highest BCUT2D eigenvalue weighted by Crippen LogP contribution is 2.29. The first-order valence-corrected chi connectivity index (χ1v) is 12.7. The molecule has 8 heteroatoms. The third kappa shape index (κ3) is 6.39. The highest BCUT2D eigenvalue weighted by molar-refractivity contribution is 5.92. The summed E-state index contributed by atoms with van der Waals surface area (Å²) in [5, 5.41) is 11.6. The van der Waals surface area contributed by atoms with Gasteiger partial charge in [0.15, 0.2) is 5.58 Å². The van der Waals surface area contributed by atoms with Gasteiger partial charge in [-0.15, -0.1) is 0 Å². The van der Waals surface area contributed by atoms with Crippen molar-refractivity contribution in [2.75, 3.05) is 25.0 Å². The summed E-state index contributed by atoms with van der Waals surface area (Å²) in [7, 11) is 0. The molecule has 1 saturated heterocycles. The first-order valence-electron chi connectivity index (χ1n) is 12.7. The van der Waals surface area contributed by atoms with E-state index in [-0.39, 0.29) is 5.82 Å². The number of rotatable bonds is 6. The van der Waals surface area contributed by atoms with E-state index in [0.29, 0.717) is 6.61 Å². The number of aromatic nitrogens is 3. The molecule has 194 valence electrons. The largest absolute Gasteiger partial charge is 0.490 e. The average Bonchev–Trinajstić information content (AvgIpc) is 3.59. The van der Waals surface area contributed by atoms with Crippen LogP contribution in [0.2, 0.25) is 0 Å². The Morgan fingerprint density at radius 2 is 2.00 bits per heavy atom. The average molecular weight is 504 g/mol. The van der Waals surface area contributed by atoms with E-state index in [1.54, 1.807) is 24.7 Å². The van der Waals surface area contributed by atoms with Crippen molar-refractivity contribution in [3.63, 3.8) is 0 Å². The number of allylic oxidation sites excluding steroid dienone is 1. The van der Waals surface area contributed by atoms with Crippen LogP contribution in [-0.2, 0) is 4.74 Å². The fourth-order valence-corrected chi connectivity index (χ4v) is 3.97. The highest BCUT2D eigenvalue weighted by Gasteiger charge is 2.17. The maximum Gasteiger partial charge on any atom is 0.191 e. The monoisotopic (exact) mass is 503 g/mol. The van der Waals surface area contributed by atoms with E-state index in [2.05, 4.69) is 53.7 Å². The van der Waals surface area contributed by atoms with Crippen LogP contribution in [0, 0.1) is 12.7 Å². The third-order valence-electron chi connectivity index (χ3n) is 6.10. The molecule has 1 aliphatic heterocycles. The Balaban J connectivity index is 0.000000245. The SMILES string of the molecule is CC/C(C)=C1/NCCO/C1=C\c1ccc(-n2cnc(C)c2)c2oncc12.CCCNc1ccc(F)cc1. The minimum Gasteiger partial charge on any atom is -0.490 e. The fourth-order valence-electron chi connectivity index (χ4n) is 3.97. The highest BCUT2D eigenvalue weighted by atomic mass is 19.1. The number of aryl methyl sites for hydroxylation is 1. The van der Waals surface area contributed by atoms with Crippen LogP contribution in [0.15, 0.2) is 76.7 Å². The molecule has 0 radical (unpaired) electrons. The van der Waals surface area contributed by atoms with Gasteiger partial charge >= 0.3 is 0 Å². The standard InChI is InChI=1S/C20H22N4O2.C9H12FN/c1-4-13(2)19-18(25-8-7-21-19)9-15-5-6-17(20-16(15)10-23-26-20)24-11-14(3)22-12-24;1-2-7-11-9-5-3-8(10)4-6-9/h5-6,9-12,21H,4,7-8H2,1-3H3;3-6,11H,2,7H2,1H3/b18-9-,19-13+;. The molecule has 7 nitrogen and oxygen atoms in total. The minimum absolute atomic E-state index is 0.188. The maximum absolute atomic E-state index is 12.4. The second kappa shape index (κ2) is 12.3. The number of morpholine rings is 1. The van der Waals surface area contributed by atoms with Gasteiger partial charge in [-0.3, -0.25) is 0 Å². The summed E-state index contributed by atoms with van der Waals surface area (Å²) >= 11 is 0. The second-order valence-electron chi connectivity index (χ2n) is 8.89. The molecule has 0 unspecified atom stereocenters. The Labute approximate surface area is 217 Å². The van der Waals surface area contributed by atoms with Crippen molar-refractivity contribution in [2.45, 2.75) is 40.5 Å². The van der Waals surface area contributed by atoms with Crippen molar-refractivity contribution in [3.8, 4) is 5.69 Å². The van der Waals surface area contributed by atoms with Crippen molar-refractivity contribution >= 4 is 22.7 Å². The number of nitrogens with one attached hydrogen (secondary N) is 2. The molecule has 1 aliphatic rings. The zero-order valence-corrected chi connectivity index (χ0v) is 21.8. The van der Waals surface area contributed by atoms with Crippen LogP contribution >= 0.6 is 0 Å². The lowest BCUT2D eigenvalue weighted by atomic mass is 10.1. The van der Waals surface area contributed by atoms with E-state index in [1.807, 2.05) is 23.8 Å². The lowest BCUT2D eigenvalue weighted by molar-refractivity contribution is 0.199. The van der Waals surface area contributed by atoms with E-state index < -0.39 is 0 Å². The van der Waals surface area contributed by atoms with Crippen LogP contribution in [0.4, 0.5) is 10.1 Å². The number of hydrogen-bond acceptors (Lipinski definition) is 6. The molecule has 0 atom stereocenters. The van der Waals surface area contributed by atoms with Crippen molar-refractivity contribution in [1.29, 1.82) is 0 Å². The normalized spacial score (nSPS) is 15.5. The van der Waals surface area contributed by atoms with Crippen LogP contribution in [0.25, 0.3) is 22.7 Å². The van der Waals surface area contributed by atoms with Crippen molar-refractivity contribution in [1.82, 2.24) is 20.0 Å². The van der Waals surface area contributed by atoms with Gasteiger partial charge in [-0.05, 0) is 74.2 Å². The predicted octanol–water partition coefficient (Wildman–Crippen LogP) is 6.61. The van der Waals surface area contributed by atoms with Crippen LogP contribution in [-0.4, -0.2) is 34.4 Å². The summed E-state index contributed by atoms with van der Waals surface area (Å²) in [4.78, 5) is 4.29. The molecule has 1 fully saturated rings. The minimum atomic E-state index is -0.188. The number of hydrogen-bond donors (Lipinski definition) is 2. The Morgan fingerprint density at radius 3 is 2.70 bits per heavy atom. The number of halogens is 1. The van der Waals surface area contributed by atoms with Gasteiger partial charge in [0.1, 0.15) is 18.2 Å². The Morgan fingerprint density at radius 1 is 1.19 bits per heavy atom. The number of fused-ring (bicyclic) bond motifs is 1. The molecule has 3 heterocycles. The Hall–Kier alpha value is -4.07. The van der Waals surface area contributed by atoms with Crippen LogP contribution in [0.1, 0.15) is 44.9 Å². The molecule has 0 amide bonds. The van der Waals surface area contributed by atoms with Gasteiger partial charge in [0, 0.05) is 25.0 Å². The molecule has 37 heavy (non-hydrogen) atoms. The summed E-state index contributed by atoms with van der Waals surface area (Å²) in [5.74, 6) is 0.677. The zero-order chi connectivity index (χ0) is 26.2. The summed E-state index contributed by atoms with van der Waals surface area (Å²) in [6.07, 6.45) is 9.62. The first kappa shape index (κ1) is 26.0. The van der Waals surface area contributed by atoms with Gasteiger partial charge in [-0.25, -0.2) is 9.37 Å². The molecule has 2 aromatic carbocycles. The quantitative estimate of drug-likeness (QED) is 0.308. The molecule has 5 rings (SSSR count). The molecule has 0 aliphatic carbocycles. The van der Waals surface area contributed by atoms with Gasteiger partial charge < -0.3 is 24.5 Å². The van der Waals surface area contributed by atoms with Crippen LogP contribution in [0.5, 0.6) is 0 Å². The van der Waals surface area contributed by atoms with Gasteiger partial charge in [-0.1, -0.05) is 25.1 Å². The molecule has 0 spiro atoms. The van der Waals surface area contributed by atoms with E-state index in [1.165, 1.54) is 17.7 Å². The number of anilines is 1. The molecular formula is C29H34FN5O2. The van der Waals surface area contributed by atoms with E-state index in [9.17, 15) is 4.39 Å². The van der Waals surface area contributed by atoms with Crippen molar-refractivity contribution in [3.05, 3.63) is 89.2 Å². The molecular weight excluding hydrogens is 469 g/mol. The summed E-state index contributed by atoms with van der Waals surface area (Å²) < 4.78 is 25.8. The number of nitrogens with zero attached hydrogens (tertiary/aromatic N) is 3. The van der Waals surface area contributed by atoms with Gasteiger partial charge in [0.25, 0.3) is 0 Å². The summed E-state index contributed by atoms with van der Waals surface area (Å²) in [6, 6.07) is 10.5. The van der Waals surface area contributed by atoms with E-state index >= 15 is 0 Å². The van der Waals surface area contributed by atoms with Crippen LogP contribution < -0.4 is 10.6 Å². The van der Waals surface area contributed by atoms with Crippen molar-refractivity contribution in [2.24, 2.45) is 0 Å². The number of benzene rings is 2. The first-order chi connectivity index (χ1) is 18.0. The third-order valence-corrected chi connectivity index (χ3v) is 6.10. The summed E-state index contributed by atoms with van der Waals surface area (Å²) in [5.41, 5.74) is 6.97. The van der Waals surface area contributed by atoms with Gasteiger partial charge in [0.2, 0.25) is 0 Å². The topological polar surface area (TPSA) is 77.1 Å². The number of imidazole rings is 1. The lowest BCUT2D eigenvalue weighted by Crippen LogP contribution is -2.28. The Kier molecular flexibility index (Phi) is 8.61. The second-order valence-corrected chi connectivity index (χ2v) is 8.89. The lowest BCUT2D eigenvalue weighted by Gasteiger charge is -2.24. The molecule has 4 aromatic rings. The smallest absolute Gasteiger partial charge is 0.191 e. The van der Waals surface area contributed by atoms with E-state index in [4.69, 9.17) is 9.26 Å². The zero-order valence-electron chi connectivity index (χ0n) is 21.8. The molecule has 2 N–H and O–H groups in total. The molecule has 0 saturated carbocycles. The number of ether oxygens (including phenoxy) is 1. The predicted molar refractivity (Wildman–Crippen MR) is 146 cm³/mol. The summed E-state index contributed by atoms with van der Waals surface area (Å²) in [6.45, 7) is 10.8. The fraction of sp³-hybridized carbons (Fsp3) is 0.310. The van der Waals surface area contributed by atoms with Crippen molar-refractivity contribution < 1.29 is 13.7 Å². The van der Waals surface area contributed by atoms with E-state index in [0.717, 1.165) is 71.0 Å². The molecule has 2 aromatic heterocycles. The van der Waals surface area contributed by atoms with Gasteiger partial charge in [0.05, 0.1) is 35.0 Å². The Bertz CT molecular complexity index is 1390. The maximum atomic E-state index is 12.4. The van der Waals surface area contributed by atoms with Gasteiger partial charge in [-0.2, -0.15) is 0 Å². The van der Waals surface area contributed by atoms with Crippen LogP contribution in [0.3, 0.4) is 0 Å². The molecule has 0 bridgehead atoms.